The second-order valence-electron chi connectivity index (χ2n) is 9.40. The lowest BCUT2D eigenvalue weighted by Gasteiger charge is -2.35. The first-order valence-corrected chi connectivity index (χ1v) is 13.8. The van der Waals surface area contributed by atoms with Crippen LogP contribution in [0.15, 0.2) is 36.4 Å². The summed E-state index contributed by atoms with van der Waals surface area (Å²) >= 11 is 0. The molecule has 0 radical (unpaired) electrons. The standard InChI is InChI=1S/C25H31N3O5S/c1-34(30,31)27-20-7-4-8-21-19(20)6-5-13-28(21)17-24(29)26-25(11-2-3-12-25)18-9-10-22-23(16-18)33-15-14-32-22/h4,7-10,16,27H,2-3,5-6,11-15,17H2,1H3,(H,26,29). The number of ether oxygens (including phenoxy) is 2. The van der Waals surface area contributed by atoms with Crippen molar-refractivity contribution >= 4 is 27.3 Å². The molecule has 0 atom stereocenters. The lowest BCUT2D eigenvalue weighted by atomic mass is 9.87. The average Bonchev–Trinajstić information content (AvgIpc) is 3.28. The Bertz CT molecular complexity index is 1190. The summed E-state index contributed by atoms with van der Waals surface area (Å²) in [6.45, 7) is 2.05. The van der Waals surface area contributed by atoms with Gasteiger partial charge in [0.2, 0.25) is 15.9 Å². The molecule has 34 heavy (non-hydrogen) atoms. The highest BCUT2D eigenvalue weighted by molar-refractivity contribution is 7.92. The van der Waals surface area contributed by atoms with Crippen LogP contribution in [0.25, 0.3) is 0 Å². The molecule has 2 aliphatic heterocycles. The van der Waals surface area contributed by atoms with Gasteiger partial charge in [0.05, 0.1) is 24.0 Å². The highest BCUT2D eigenvalue weighted by Crippen LogP contribution is 2.42. The number of nitrogens with one attached hydrogen (secondary N) is 2. The van der Waals surface area contributed by atoms with Gasteiger partial charge in [-0.2, -0.15) is 0 Å². The van der Waals surface area contributed by atoms with Gasteiger partial charge < -0.3 is 19.7 Å². The number of anilines is 2. The molecule has 8 nitrogen and oxygen atoms in total. The second kappa shape index (κ2) is 9.02. The van der Waals surface area contributed by atoms with E-state index in [1.165, 1.54) is 0 Å². The Kier molecular flexibility index (Phi) is 6.06. The van der Waals surface area contributed by atoms with Crippen molar-refractivity contribution in [2.45, 2.75) is 44.1 Å². The van der Waals surface area contributed by atoms with Crippen molar-refractivity contribution in [2.24, 2.45) is 0 Å². The summed E-state index contributed by atoms with van der Waals surface area (Å²) in [7, 11) is -3.38. The van der Waals surface area contributed by atoms with Crippen LogP contribution < -0.4 is 24.4 Å². The maximum Gasteiger partial charge on any atom is 0.240 e. The monoisotopic (exact) mass is 485 g/mol. The molecule has 0 bridgehead atoms. The predicted octanol–water partition coefficient (Wildman–Crippen LogP) is 3.17. The number of fused-ring (bicyclic) bond motifs is 2. The number of rotatable bonds is 6. The van der Waals surface area contributed by atoms with Gasteiger partial charge in [0.25, 0.3) is 0 Å². The third kappa shape index (κ3) is 4.66. The number of hydrogen-bond acceptors (Lipinski definition) is 6. The minimum Gasteiger partial charge on any atom is -0.486 e. The Morgan fingerprint density at radius 1 is 1.06 bits per heavy atom. The van der Waals surface area contributed by atoms with E-state index in [4.69, 9.17) is 9.47 Å². The lowest BCUT2D eigenvalue weighted by molar-refractivity contribution is -0.121. The van der Waals surface area contributed by atoms with Gasteiger partial charge in [-0.05, 0) is 61.1 Å². The molecule has 2 aromatic carbocycles. The number of sulfonamides is 1. The first-order chi connectivity index (χ1) is 16.3. The summed E-state index contributed by atoms with van der Waals surface area (Å²) in [5.41, 5.74) is 3.09. The van der Waals surface area contributed by atoms with Crippen molar-refractivity contribution in [3.8, 4) is 11.5 Å². The summed E-state index contributed by atoms with van der Waals surface area (Å²) in [4.78, 5) is 15.4. The summed E-state index contributed by atoms with van der Waals surface area (Å²) in [6.07, 6.45) is 6.67. The number of nitrogens with zero attached hydrogens (tertiary/aromatic N) is 1. The number of amides is 1. The summed E-state index contributed by atoms with van der Waals surface area (Å²) in [5, 5.41) is 3.36. The van der Waals surface area contributed by atoms with Crippen LogP contribution in [0.5, 0.6) is 11.5 Å². The summed E-state index contributed by atoms with van der Waals surface area (Å²) in [5.74, 6) is 1.45. The molecule has 5 rings (SSSR count). The van der Waals surface area contributed by atoms with Crippen molar-refractivity contribution in [1.82, 2.24) is 5.32 Å². The molecule has 1 saturated carbocycles. The molecule has 182 valence electrons. The smallest absolute Gasteiger partial charge is 0.240 e. The van der Waals surface area contributed by atoms with Gasteiger partial charge in [0.1, 0.15) is 13.2 Å². The van der Waals surface area contributed by atoms with E-state index < -0.39 is 15.6 Å². The van der Waals surface area contributed by atoms with Crippen molar-refractivity contribution in [2.75, 3.05) is 42.2 Å². The molecule has 1 fully saturated rings. The van der Waals surface area contributed by atoms with Crippen LogP contribution in [-0.2, 0) is 26.8 Å². The Morgan fingerprint density at radius 3 is 2.59 bits per heavy atom. The Balaban J connectivity index is 1.35. The Hall–Kier alpha value is -2.94. The molecule has 0 unspecified atom stereocenters. The van der Waals surface area contributed by atoms with Gasteiger partial charge in [-0.15, -0.1) is 0 Å². The van der Waals surface area contributed by atoms with E-state index in [2.05, 4.69) is 10.0 Å². The molecule has 0 aromatic heterocycles. The number of hydrogen-bond donors (Lipinski definition) is 2. The normalized spacial score (nSPS) is 18.8. The van der Waals surface area contributed by atoms with Crippen LogP contribution in [0.3, 0.4) is 0 Å². The lowest BCUT2D eigenvalue weighted by Crippen LogP contribution is -2.48. The van der Waals surface area contributed by atoms with Gasteiger partial charge in [-0.3, -0.25) is 9.52 Å². The fraction of sp³-hybridized carbons (Fsp3) is 0.480. The van der Waals surface area contributed by atoms with Crippen LogP contribution in [0, 0.1) is 0 Å². The van der Waals surface area contributed by atoms with Gasteiger partial charge in [-0.1, -0.05) is 25.0 Å². The molecule has 2 N–H and O–H groups in total. The van der Waals surface area contributed by atoms with Crippen LogP contribution in [0.1, 0.15) is 43.2 Å². The van der Waals surface area contributed by atoms with Crippen molar-refractivity contribution in [1.29, 1.82) is 0 Å². The maximum atomic E-state index is 13.3. The molecule has 2 heterocycles. The minimum absolute atomic E-state index is 0.0360. The zero-order valence-electron chi connectivity index (χ0n) is 19.4. The van der Waals surface area contributed by atoms with Crippen LogP contribution in [0.4, 0.5) is 11.4 Å². The molecule has 0 spiro atoms. The highest BCUT2D eigenvalue weighted by atomic mass is 32.2. The SMILES string of the molecule is CS(=O)(=O)Nc1cccc2c1CCCN2CC(=O)NC1(c2ccc3c(c2)OCCO3)CCCC1. The molecular weight excluding hydrogens is 454 g/mol. The minimum atomic E-state index is -3.38. The van der Waals surface area contributed by atoms with Crippen LogP contribution in [-0.4, -0.2) is 46.9 Å². The molecule has 0 saturated heterocycles. The quantitative estimate of drug-likeness (QED) is 0.653. The fourth-order valence-corrected chi connectivity index (χ4v) is 6.04. The van der Waals surface area contributed by atoms with E-state index in [1.54, 1.807) is 6.07 Å². The van der Waals surface area contributed by atoms with Crippen LogP contribution in [0.2, 0.25) is 0 Å². The van der Waals surface area contributed by atoms with Crippen molar-refractivity contribution in [3.05, 3.63) is 47.5 Å². The maximum absolute atomic E-state index is 13.3. The summed E-state index contributed by atoms with van der Waals surface area (Å²) in [6, 6.07) is 11.6. The first kappa shape index (κ1) is 22.8. The Labute approximate surface area is 200 Å². The van der Waals surface area contributed by atoms with Gasteiger partial charge in [0.15, 0.2) is 11.5 Å². The topological polar surface area (TPSA) is 97.0 Å². The third-order valence-electron chi connectivity index (χ3n) is 6.91. The molecule has 2 aromatic rings. The molecular formula is C25H31N3O5S. The zero-order chi connectivity index (χ0) is 23.8. The van der Waals surface area contributed by atoms with E-state index in [0.29, 0.717) is 18.9 Å². The largest absolute Gasteiger partial charge is 0.486 e. The zero-order valence-corrected chi connectivity index (χ0v) is 20.2. The fourth-order valence-electron chi connectivity index (χ4n) is 5.45. The van der Waals surface area contributed by atoms with E-state index in [1.807, 2.05) is 35.2 Å². The second-order valence-corrected chi connectivity index (χ2v) is 11.1. The highest BCUT2D eigenvalue weighted by Gasteiger charge is 2.38. The third-order valence-corrected chi connectivity index (χ3v) is 7.50. The number of carbonyl (C=O) groups is 1. The van der Waals surface area contributed by atoms with Crippen LogP contribution >= 0.6 is 0 Å². The molecule has 1 amide bonds. The van der Waals surface area contributed by atoms with E-state index in [9.17, 15) is 13.2 Å². The predicted molar refractivity (Wildman–Crippen MR) is 131 cm³/mol. The Morgan fingerprint density at radius 2 is 1.82 bits per heavy atom. The van der Waals surface area contributed by atoms with Crippen molar-refractivity contribution < 1.29 is 22.7 Å². The van der Waals surface area contributed by atoms with E-state index in [0.717, 1.165) is 79.6 Å². The number of benzene rings is 2. The molecule has 3 aliphatic rings. The van der Waals surface area contributed by atoms with E-state index in [-0.39, 0.29) is 12.5 Å². The first-order valence-electron chi connectivity index (χ1n) is 11.9. The van der Waals surface area contributed by atoms with Gasteiger partial charge in [-0.25, -0.2) is 8.42 Å². The molecule has 1 aliphatic carbocycles. The summed E-state index contributed by atoms with van der Waals surface area (Å²) < 4.78 is 37.7. The number of carbonyl (C=O) groups excluding carboxylic acids is 1. The van der Waals surface area contributed by atoms with Crippen molar-refractivity contribution in [3.63, 3.8) is 0 Å². The van der Waals surface area contributed by atoms with Gasteiger partial charge in [0, 0.05) is 12.2 Å². The van der Waals surface area contributed by atoms with Gasteiger partial charge >= 0.3 is 0 Å². The average molecular weight is 486 g/mol. The molecule has 9 heteroatoms. The van der Waals surface area contributed by atoms with E-state index >= 15 is 0 Å².